The van der Waals surface area contributed by atoms with Gasteiger partial charge in [0, 0.05) is 12.7 Å². The number of aryl methyl sites for hydroxylation is 1. The van der Waals surface area contributed by atoms with Gasteiger partial charge in [0.1, 0.15) is 11.4 Å². The van der Waals surface area contributed by atoms with Gasteiger partial charge in [0.2, 0.25) is 5.88 Å². The summed E-state index contributed by atoms with van der Waals surface area (Å²) in [6.07, 6.45) is 1.85. The number of hydrogen-bond donors (Lipinski definition) is 1. The van der Waals surface area contributed by atoms with Crippen molar-refractivity contribution < 1.29 is 4.74 Å². The number of para-hydroxylation sites is 1. The number of H-pyrrole nitrogens is 1. The minimum absolute atomic E-state index is 0.409. The predicted molar refractivity (Wildman–Crippen MR) is 81.4 cm³/mol. The minimum Gasteiger partial charge on any atom is -0.438 e. The zero-order chi connectivity index (χ0) is 14.8. The lowest BCUT2D eigenvalue weighted by Gasteiger charge is -1.99. The van der Waals surface area contributed by atoms with Crippen LogP contribution in [0.25, 0.3) is 11.5 Å². The highest BCUT2D eigenvalue weighted by molar-refractivity contribution is 5.52. The molecule has 0 saturated heterocycles. The van der Waals surface area contributed by atoms with Gasteiger partial charge in [0.25, 0.3) is 0 Å². The van der Waals surface area contributed by atoms with Gasteiger partial charge in [-0.2, -0.15) is 10.1 Å². The fraction of sp³-hybridized carbons (Fsp3) is 0.250. The molecule has 0 aliphatic heterocycles. The van der Waals surface area contributed by atoms with Crippen molar-refractivity contribution in [1.82, 2.24) is 19.7 Å². The number of aromatic nitrogens is 4. The second-order valence-corrected chi connectivity index (χ2v) is 5.29. The first kappa shape index (κ1) is 13.4. The third-order valence-electron chi connectivity index (χ3n) is 3.27. The van der Waals surface area contributed by atoms with E-state index in [4.69, 9.17) is 4.74 Å². The summed E-state index contributed by atoms with van der Waals surface area (Å²) >= 11 is 0. The van der Waals surface area contributed by atoms with Crippen LogP contribution in [0.5, 0.6) is 11.6 Å². The van der Waals surface area contributed by atoms with Gasteiger partial charge in [0.15, 0.2) is 5.82 Å². The van der Waals surface area contributed by atoms with Crippen molar-refractivity contribution in [2.24, 2.45) is 7.05 Å². The predicted octanol–water partition coefficient (Wildman–Crippen LogP) is 3.73. The van der Waals surface area contributed by atoms with Crippen molar-refractivity contribution in [3.63, 3.8) is 0 Å². The molecule has 3 aromatic rings. The molecule has 0 aliphatic carbocycles. The number of nitrogens with one attached hydrogen (secondary N) is 1. The van der Waals surface area contributed by atoms with Crippen LogP contribution >= 0.6 is 0 Å². The zero-order valence-corrected chi connectivity index (χ0v) is 12.4. The van der Waals surface area contributed by atoms with E-state index < -0.39 is 0 Å². The molecule has 0 fully saturated rings. The van der Waals surface area contributed by atoms with E-state index in [1.807, 2.05) is 54.2 Å². The molecule has 0 saturated carbocycles. The molecule has 0 bridgehead atoms. The van der Waals surface area contributed by atoms with Gasteiger partial charge >= 0.3 is 0 Å². The summed E-state index contributed by atoms with van der Waals surface area (Å²) in [4.78, 5) is 4.51. The number of aromatic amines is 1. The lowest BCUT2D eigenvalue weighted by atomic mass is 10.1. The smallest absolute Gasteiger partial charge is 0.237 e. The van der Waals surface area contributed by atoms with Gasteiger partial charge in [-0.1, -0.05) is 32.0 Å². The van der Waals surface area contributed by atoms with Crippen LogP contribution in [0.4, 0.5) is 0 Å². The first-order valence-electron chi connectivity index (χ1n) is 6.95. The maximum absolute atomic E-state index is 5.75. The Balaban J connectivity index is 1.87. The lowest BCUT2D eigenvalue weighted by Crippen LogP contribution is -1.90. The summed E-state index contributed by atoms with van der Waals surface area (Å²) < 4.78 is 7.66. The van der Waals surface area contributed by atoms with Crippen LogP contribution in [-0.4, -0.2) is 19.7 Å². The maximum Gasteiger partial charge on any atom is 0.237 e. The molecule has 0 unspecified atom stereocenters. The van der Waals surface area contributed by atoms with Gasteiger partial charge in [0.05, 0.1) is 6.20 Å². The standard InChI is InChI=1S/C16H18N4O/c1-11(2)13-9-14(19-18-13)16-17-15(10-20(16)3)21-12-7-5-4-6-8-12/h4-11H,1-3H3,(H,18,19). The van der Waals surface area contributed by atoms with E-state index >= 15 is 0 Å². The van der Waals surface area contributed by atoms with Crippen LogP contribution in [0.3, 0.4) is 0 Å². The van der Waals surface area contributed by atoms with Crippen molar-refractivity contribution in [2.75, 3.05) is 0 Å². The third kappa shape index (κ3) is 2.81. The van der Waals surface area contributed by atoms with Crippen LogP contribution in [0.2, 0.25) is 0 Å². The Morgan fingerprint density at radius 1 is 1.19 bits per heavy atom. The molecule has 0 atom stereocenters. The molecular formula is C16H18N4O. The van der Waals surface area contributed by atoms with Gasteiger partial charge in [-0.05, 0) is 24.1 Å². The summed E-state index contributed by atoms with van der Waals surface area (Å²) in [5.41, 5.74) is 1.92. The minimum atomic E-state index is 0.409. The van der Waals surface area contributed by atoms with E-state index in [-0.39, 0.29) is 0 Å². The average Bonchev–Trinajstić information content (AvgIpc) is 3.07. The van der Waals surface area contributed by atoms with Crippen molar-refractivity contribution in [3.8, 4) is 23.1 Å². The number of benzene rings is 1. The van der Waals surface area contributed by atoms with E-state index in [0.29, 0.717) is 11.8 Å². The van der Waals surface area contributed by atoms with Crippen LogP contribution in [-0.2, 0) is 7.05 Å². The van der Waals surface area contributed by atoms with Crippen molar-refractivity contribution in [1.29, 1.82) is 0 Å². The Morgan fingerprint density at radius 3 is 2.62 bits per heavy atom. The normalized spacial score (nSPS) is 11.0. The highest BCUT2D eigenvalue weighted by Crippen LogP contribution is 2.25. The molecule has 21 heavy (non-hydrogen) atoms. The molecule has 1 N–H and O–H groups in total. The van der Waals surface area contributed by atoms with Crippen LogP contribution in [0.15, 0.2) is 42.6 Å². The maximum atomic E-state index is 5.75. The fourth-order valence-corrected chi connectivity index (χ4v) is 2.08. The topological polar surface area (TPSA) is 55.7 Å². The molecule has 0 spiro atoms. The highest BCUT2D eigenvalue weighted by atomic mass is 16.5. The van der Waals surface area contributed by atoms with Gasteiger partial charge in [-0.3, -0.25) is 5.10 Å². The zero-order valence-electron chi connectivity index (χ0n) is 12.4. The van der Waals surface area contributed by atoms with Gasteiger partial charge < -0.3 is 9.30 Å². The summed E-state index contributed by atoms with van der Waals surface area (Å²) in [7, 11) is 1.93. The van der Waals surface area contributed by atoms with E-state index in [1.54, 1.807) is 0 Å². The van der Waals surface area contributed by atoms with Gasteiger partial charge in [-0.25, -0.2) is 0 Å². The molecule has 2 aromatic heterocycles. The van der Waals surface area contributed by atoms with Crippen molar-refractivity contribution >= 4 is 0 Å². The number of hydrogen-bond acceptors (Lipinski definition) is 3. The molecule has 5 heteroatoms. The van der Waals surface area contributed by atoms with Crippen LogP contribution in [0.1, 0.15) is 25.5 Å². The largest absolute Gasteiger partial charge is 0.438 e. The molecule has 2 heterocycles. The number of nitrogens with zero attached hydrogens (tertiary/aromatic N) is 3. The Hall–Kier alpha value is -2.56. The SMILES string of the molecule is CC(C)c1cc(-c2nc(Oc3ccccc3)cn2C)n[nH]1. The van der Waals surface area contributed by atoms with Crippen molar-refractivity contribution in [2.45, 2.75) is 19.8 Å². The summed E-state index contributed by atoms with van der Waals surface area (Å²) in [6, 6.07) is 11.6. The summed E-state index contributed by atoms with van der Waals surface area (Å²) in [5.74, 6) is 2.52. The molecule has 108 valence electrons. The second kappa shape index (κ2) is 5.44. The Morgan fingerprint density at radius 2 is 1.95 bits per heavy atom. The van der Waals surface area contributed by atoms with E-state index in [9.17, 15) is 0 Å². The van der Waals surface area contributed by atoms with E-state index in [0.717, 1.165) is 23.0 Å². The first-order chi connectivity index (χ1) is 10.1. The molecule has 3 rings (SSSR count). The molecule has 0 amide bonds. The molecule has 1 aromatic carbocycles. The van der Waals surface area contributed by atoms with Crippen LogP contribution in [0, 0.1) is 0 Å². The first-order valence-corrected chi connectivity index (χ1v) is 6.95. The molecule has 0 aliphatic rings. The van der Waals surface area contributed by atoms with Crippen molar-refractivity contribution in [3.05, 3.63) is 48.3 Å². The Kier molecular flexibility index (Phi) is 3.48. The van der Waals surface area contributed by atoms with Gasteiger partial charge in [-0.15, -0.1) is 0 Å². The number of rotatable bonds is 4. The summed E-state index contributed by atoms with van der Waals surface area (Å²) in [5, 5.41) is 7.37. The fourth-order valence-electron chi connectivity index (χ4n) is 2.08. The number of imidazole rings is 1. The average molecular weight is 282 g/mol. The van der Waals surface area contributed by atoms with E-state index in [1.165, 1.54) is 0 Å². The second-order valence-electron chi connectivity index (χ2n) is 5.29. The van der Waals surface area contributed by atoms with E-state index in [2.05, 4.69) is 29.0 Å². The monoisotopic (exact) mass is 282 g/mol. The third-order valence-corrected chi connectivity index (χ3v) is 3.27. The Bertz CT molecular complexity index is 728. The molecular weight excluding hydrogens is 264 g/mol. The number of ether oxygens (including phenoxy) is 1. The summed E-state index contributed by atoms with van der Waals surface area (Å²) in [6.45, 7) is 4.25. The molecule has 0 radical (unpaired) electrons. The lowest BCUT2D eigenvalue weighted by molar-refractivity contribution is 0.465. The highest BCUT2D eigenvalue weighted by Gasteiger charge is 2.13. The van der Waals surface area contributed by atoms with Crippen LogP contribution < -0.4 is 4.74 Å². The Labute approximate surface area is 123 Å². The molecule has 5 nitrogen and oxygen atoms in total. The quantitative estimate of drug-likeness (QED) is 0.793.